The molecule has 0 radical (unpaired) electrons. The highest BCUT2D eigenvalue weighted by molar-refractivity contribution is 5.67. The minimum atomic E-state index is -0.742. The van der Waals surface area contributed by atoms with E-state index in [1.54, 1.807) is 0 Å². The molecule has 1 N–H and O–H groups in total. The van der Waals surface area contributed by atoms with Crippen molar-refractivity contribution in [2.45, 2.75) is 64.7 Å². The zero-order chi connectivity index (χ0) is 15.8. The van der Waals surface area contributed by atoms with Crippen molar-refractivity contribution in [2.75, 3.05) is 0 Å². The Morgan fingerprint density at radius 3 is 2.24 bits per heavy atom. The third-order valence-corrected chi connectivity index (χ3v) is 3.15. The molecule has 0 unspecified atom stereocenters. The maximum Gasteiger partial charge on any atom is 0.303 e. The second kappa shape index (κ2) is 14.8. The molecule has 21 heavy (non-hydrogen) atoms. The van der Waals surface area contributed by atoms with Gasteiger partial charge in [-0.1, -0.05) is 69.4 Å². The van der Waals surface area contributed by atoms with Gasteiger partial charge in [0.1, 0.15) is 6.29 Å². The molecule has 1 rings (SSSR count). The monoisotopic (exact) mass is 292 g/mol. The molecule has 3 heteroatoms. The van der Waals surface area contributed by atoms with Gasteiger partial charge in [-0.25, -0.2) is 0 Å². The van der Waals surface area contributed by atoms with Crippen LogP contribution in [0.2, 0.25) is 0 Å². The van der Waals surface area contributed by atoms with E-state index in [-0.39, 0.29) is 6.42 Å². The average molecular weight is 292 g/mol. The van der Waals surface area contributed by atoms with Crippen molar-refractivity contribution in [1.29, 1.82) is 0 Å². The summed E-state index contributed by atoms with van der Waals surface area (Å²) >= 11 is 0. The zero-order valence-corrected chi connectivity index (χ0v) is 13.1. The van der Waals surface area contributed by atoms with Crippen molar-refractivity contribution in [3.63, 3.8) is 0 Å². The lowest BCUT2D eigenvalue weighted by Gasteiger charge is -1.95. The molecule has 0 aliphatic heterocycles. The number of aliphatic carboxylic acids is 1. The number of carbonyl (C=O) groups is 2. The number of aryl methyl sites for hydroxylation is 1. The molecule has 0 heterocycles. The summed E-state index contributed by atoms with van der Waals surface area (Å²) in [6.07, 6.45) is 10.2. The van der Waals surface area contributed by atoms with Gasteiger partial charge in [0.25, 0.3) is 0 Å². The quantitative estimate of drug-likeness (QED) is 0.505. The van der Waals surface area contributed by atoms with E-state index < -0.39 is 5.97 Å². The number of aldehydes is 1. The number of rotatable bonds is 10. The fourth-order valence-corrected chi connectivity index (χ4v) is 1.90. The molecule has 0 saturated heterocycles. The first kappa shape index (κ1) is 19.4. The Bertz CT molecular complexity index is 360. The van der Waals surface area contributed by atoms with Crippen molar-refractivity contribution in [2.24, 2.45) is 0 Å². The van der Waals surface area contributed by atoms with Gasteiger partial charge in [0.2, 0.25) is 0 Å². The number of hydrogen-bond acceptors (Lipinski definition) is 2. The Morgan fingerprint density at radius 2 is 1.67 bits per heavy atom. The van der Waals surface area contributed by atoms with Gasteiger partial charge in [0.15, 0.2) is 0 Å². The topological polar surface area (TPSA) is 54.4 Å². The number of carbonyl (C=O) groups excluding carboxylic acids is 1. The summed E-state index contributed by atoms with van der Waals surface area (Å²) in [7, 11) is 0. The summed E-state index contributed by atoms with van der Waals surface area (Å²) in [5, 5.41) is 8.37. The summed E-state index contributed by atoms with van der Waals surface area (Å²) in [5.74, 6) is -0.742. The van der Waals surface area contributed by atoms with Crippen molar-refractivity contribution >= 4 is 12.3 Å². The summed E-state index contributed by atoms with van der Waals surface area (Å²) in [4.78, 5) is 20.1. The Labute approximate surface area is 128 Å². The molecule has 0 amide bonds. The van der Waals surface area contributed by atoms with E-state index in [4.69, 9.17) is 5.11 Å². The highest BCUT2D eigenvalue weighted by atomic mass is 16.4. The molecule has 0 spiro atoms. The molecule has 0 bridgehead atoms. The van der Waals surface area contributed by atoms with Crippen LogP contribution >= 0.6 is 0 Å². The summed E-state index contributed by atoms with van der Waals surface area (Å²) in [6, 6.07) is 9.62. The van der Waals surface area contributed by atoms with Gasteiger partial charge in [-0.15, -0.1) is 0 Å². The van der Waals surface area contributed by atoms with E-state index in [1.165, 1.54) is 32.1 Å². The van der Waals surface area contributed by atoms with Gasteiger partial charge in [-0.3, -0.25) is 4.79 Å². The highest BCUT2D eigenvalue weighted by Crippen LogP contribution is 2.05. The number of carboxylic acids is 1. The van der Waals surface area contributed by atoms with E-state index in [9.17, 15) is 9.59 Å². The van der Waals surface area contributed by atoms with Crippen LogP contribution in [0.1, 0.15) is 63.9 Å². The molecule has 0 aromatic heterocycles. The predicted molar refractivity (Wildman–Crippen MR) is 86.5 cm³/mol. The largest absolute Gasteiger partial charge is 0.481 e. The van der Waals surface area contributed by atoms with Crippen LogP contribution in [0.15, 0.2) is 30.3 Å². The Morgan fingerprint density at radius 1 is 1.05 bits per heavy atom. The predicted octanol–water partition coefficient (Wildman–Crippen LogP) is 4.64. The molecule has 1 aromatic rings. The lowest BCUT2D eigenvalue weighted by Crippen LogP contribution is -1.96. The molecule has 0 aliphatic carbocycles. The number of hydrogen-bond donors (Lipinski definition) is 1. The third-order valence-electron chi connectivity index (χ3n) is 3.15. The van der Waals surface area contributed by atoms with Crippen molar-refractivity contribution in [3.8, 4) is 0 Å². The molecule has 0 fully saturated rings. The second-order valence-corrected chi connectivity index (χ2v) is 5.10. The highest BCUT2D eigenvalue weighted by Gasteiger charge is 1.96. The minimum Gasteiger partial charge on any atom is -0.481 e. The lowest BCUT2D eigenvalue weighted by molar-refractivity contribution is -0.136. The van der Waals surface area contributed by atoms with Crippen LogP contribution in [-0.4, -0.2) is 17.4 Å². The lowest BCUT2D eigenvalue weighted by atomic mass is 10.1. The molecular weight excluding hydrogens is 264 g/mol. The van der Waals surface area contributed by atoms with Gasteiger partial charge < -0.3 is 9.90 Å². The molecule has 3 nitrogen and oxygen atoms in total. The smallest absolute Gasteiger partial charge is 0.303 e. The van der Waals surface area contributed by atoms with Crippen LogP contribution in [0.5, 0.6) is 0 Å². The first-order valence-electron chi connectivity index (χ1n) is 7.90. The Hall–Kier alpha value is -1.64. The number of unbranched alkanes of at least 4 members (excludes halogenated alkanes) is 6. The third kappa shape index (κ3) is 14.6. The van der Waals surface area contributed by atoms with Crippen LogP contribution in [0, 0.1) is 0 Å². The maximum atomic E-state index is 10.2. The van der Waals surface area contributed by atoms with Gasteiger partial charge in [0.05, 0.1) is 0 Å². The number of benzene rings is 1. The average Bonchev–Trinajstić information content (AvgIpc) is 2.50. The standard InChI is InChI=1S/C9H10O2.C9H18O/c10-9(11)7-6-8-4-2-1-3-5-8;1-2-3-4-5-6-7-8-9-10/h1-5H,6-7H2,(H,10,11);9H,2-8H2,1H3. The van der Waals surface area contributed by atoms with Gasteiger partial charge >= 0.3 is 5.97 Å². The van der Waals surface area contributed by atoms with Gasteiger partial charge in [-0.05, 0) is 18.4 Å². The van der Waals surface area contributed by atoms with Crippen molar-refractivity contribution in [3.05, 3.63) is 35.9 Å². The maximum absolute atomic E-state index is 10.2. The summed E-state index contributed by atoms with van der Waals surface area (Å²) in [5.41, 5.74) is 1.08. The summed E-state index contributed by atoms with van der Waals surface area (Å²) in [6.45, 7) is 2.21. The zero-order valence-electron chi connectivity index (χ0n) is 13.1. The van der Waals surface area contributed by atoms with E-state index >= 15 is 0 Å². The van der Waals surface area contributed by atoms with E-state index in [0.717, 1.165) is 24.7 Å². The fraction of sp³-hybridized carbons (Fsp3) is 0.556. The molecule has 0 atom stereocenters. The van der Waals surface area contributed by atoms with Crippen LogP contribution in [0.4, 0.5) is 0 Å². The van der Waals surface area contributed by atoms with E-state index in [1.807, 2.05) is 30.3 Å². The molecule has 1 aromatic carbocycles. The molecule has 0 aliphatic rings. The summed E-state index contributed by atoms with van der Waals surface area (Å²) < 4.78 is 0. The van der Waals surface area contributed by atoms with Crippen molar-refractivity contribution in [1.82, 2.24) is 0 Å². The normalized spacial score (nSPS) is 9.57. The number of carboxylic acid groups (broad SMARTS) is 1. The molecule has 0 saturated carbocycles. The first-order chi connectivity index (χ1) is 10.2. The van der Waals surface area contributed by atoms with Gasteiger partial charge in [0, 0.05) is 12.8 Å². The Balaban J connectivity index is 0.000000384. The van der Waals surface area contributed by atoms with E-state index in [2.05, 4.69) is 6.92 Å². The van der Waals surface area contributed by atoms with Crippen LogP contribution in [0.3, 0.4) is 0 Å². The second-order valence-electron chi connectivity index (χ2n) is 5.10. The van der Waals surface area contributed by atoms with E-state index in [0.29, 0.717) is 6.42 Å². The van der Waals surface area contributed by atoms with Crippen LogP contribution in [-0.2, 0) is 16.0 Å². The molecule has 118 valence electrons. The van der Waals surface area contributed by atoms with Crippen LogP contribution in [0.25, 0.3) is 0 Å². The SMILES string of the molecule is CCCCCCCCC=O.O=C(O)CCc1ccccc1. The Kier molecular flexibility index (Phi) is 13.6. The van der Waals surface area contributed by atoms with Crippen molar-refractivity contribution < 1.29 is 14.7 Å². The first-order valence-corrected chi connectivity index (χ1v) is 7.90. The fourth-order valence-electron chi connectivity index (χ4n) is 1.90. The minimum absolute atomic E-state index is 0.212. The molecular formula is C18H28O3. The van der Waals surface area contributed by atoms with Gasteiger partial charge in [-0.2, -0.15) is 0 Å². The van der Waals surface area contributed by atoms with Crippen LogP contribution < -0.4 is 0 Å².